The lowest BCUT2D eigenvalue weighted by Gasteiger charge is -2.15. The maximum absolute atomic E-state index is 14.0. The van der Waals surface area contributed by atoms with Crippen molar-refractivity contribution in [3.8, 4) is 17.2 Å². The minimum absolute atomic E-state index is 0.152. The van der Waals surface area contributed by atoms with Gasteiger partial charge in [-0.3, -0.25) is 0 Å². The van der Waals surface area contributed by atoms with E-state index in [1.807, 2.05) is 0 Å². The minimum Gasteiger partial charge on any atom is -0.482 e. The molecule has 0 aromatic heterocycles. The smallest absolute Gasteiger partial charge is 0.419 e. The molecule has 0 radical (unpaired) electrons. The Labute approximate surface area is 171 Å². The van der Waals surface area contributed by atoms with Crippen LogP contribution in [0, 0.1) is 5.82 Å². The van der Waals surface area contributed by atoms with E-state index < -0.39 is 45.9 Å². The van der Waals surface area contributed by atoms with Gasteiger partial charge in [0, 0.05) is 0 Å². The van der Waals surface area contributed by atoms with Crippen molar-refractivity contribution in [1.29, 1.82) is 0 Å². The first kappa shape index (κ1) is 21.0. The summed E-state index contributed by atoms with van der Waals surface area (Å²) in [5, 5.41) is 8.57. The van der Waals surface area contributed by atoms with Crippen LogP contribution in [0.3, 0.4) is 0 Å². The molecule has 0 heterocycles. The molecule has 0 aliphatic carbocycles. The molecule has 10 heteroatoms. The second-order valence-electron chi connectivity index (χ2n) is 5.82. The zero-order chi connectivity index (χ0) is 21.3. The summed E-state index contributed by atoms with van der Waals surface area (Å²) in [6.07, 6.45) is -4.96. The number of carboxylic acid groups (broad SMARTS) is 1. The molecule has 1 N–H and O–H groups in total. The second kappa shape index (κ2) is 7.96. The van der Waals surface area contributed by atoms with Crippen LogP contribution in [0.2, 0.25) is 10.0 Å². The van der Waals surface area contributed by atoms with E-state index in [1.54, 1.807) is 18.2 Å². The van der Waals surface area contributed by atoms with Crippen LogP contribution in [0.5, 0.6) is 17.2 Å². The van der Waals surface area contributed by atoms with E-state index in [2.05, 4.69) is 0 Å². The largest absolute Gasteiger partial charge is 0.482 e. The molecule has 0 saturated carbocycles. The number of halogens is 6. The number of ether oxygens (including phenoxy) is 2. The fourth-order valence-electron chi connectivity index (χ4n) is 2.50. The molecule has 0 atom stereocenters. The summed E-state index contributed by atoms with van der Waals surface area (Å²) < 4.78 is 63.0. The Kier molecular flexibility index (Phi) is 5.77. The van der Waals surface area contributed by atoms with Crippen molar-refractivity contribution >= 4 is 39.9 Å². The highest BCUT2D eigenvalue weighted by Gasteiger charge is 2.37. The molecule has 0 spiro atoms. The Balaban J connectivity index is 1.91. The lowest BCUT2D eigenvalue weighted by Crippen LogP contribution is -2.09. The van der Waals surface area contributed by atoms with Gasteiger partial charge in [-0.2, -0.15) is 13.2 Å². The number of rotatable bonds is 5. The normalized spacial score (nSPS) is 11.5. The molecular formula is C19H10Cl2F4O4. The van der Waals surface area contributed by atoms with Gasteiger partial charge in [0.2, 0.25) is 0 Å². The van der Waals surface area contributed by atoms with Gasteiger partial charge >= 0.3 is 12.1 Å². The molecule has 0 aliphatic rings. The molecule has 3 rings (SSSR count). The van der Waals surface area contributed by atoms with Crippen LogP contribution >= 0.6 is 23.2 Å². The molecule has 0 fully saturated rings. The van der Waals surface area contributed by atoms with Gasteiger partial charge in [0.25, 0.3) is 0 Å². The summed E-state index contributed by atoms with van der Waals surface area (Å²) in [5.74, 6) is -2.75. The number of aliphatic carboxylic acids is 1. The monoisotopic (exact) mass is 448 g/mol. The summed E-state index contributed by atoms with van der Waals surface area (Å²) in [6, 6.07) is 9.75. The fraction of sp³-hybridized carbons (Fsp3) is 0.105. The first-order valence-corrected chi connectivity index (χ1v) is 8.63. The van der Waals surface area contributed by atoms with E-state index in [9.17, 15) is 22.4 Å². The molecule has 3 aromatic rings. The zero-order valence-corrected chi connectivity index (χ0v) is 15.7. The third kappa shape index (κ3) is 4.65. The van der Waals surface area contributed by atoms with Gasteiger partial charge in [0.15, 0.2) is 18.2 Å². The quantitative estimate of drug-likeness (QED) is 0.354. The Hall–Kier alpha value is -2.71. The first-order valence-electron chi connectivity index (χ1n) is 7.87. The van der Waals surface area contributed by atoms with Gasteiger partial charge in [-0.25, -0.2) is 9.18 Å². The van der Waals surface area contributed by atoms with Gasteiger partial charge in [-0.1, -0.05) is 35.3 Å². The lowest BCUT2D eigenvalue weighted by molar-refractivity contribution is -0.140. The molecular weight excluding hydrogens is 439 g/mol. The van der Waals surface area contributed by atoms with E-state index >= 15 is 0 Å². The van der Waals surface area contributed by atoms with Crippen molar-refractivity contribution in [3.05, 3.63) is 63.9 Å². The number of carboxylic acids is 1. The average molecular weight is 449 g/mol. The predicted octanol–water partition coefficient (Wildman–Crippen LogP) is 6.56. The van der Waals surface area contributed by atoms with Gasteiger partial charge in [-0.05, 0) is 41.1 Å². The van der Waals surface area contributed by atoms with Crippen molar-refractivity contribution in [3.63, 3.8) is 0 Å². The van der Waals surface area contributed by atoms with Crippen molar-refractivity contribution in [2.24, 2.45) is 0 Å². The Morgan fingerprint density at radius 2 is 1.59 bits per heavy atom. The van der Waals surface area contributed by atoms with Crippen LogP contribution in [0.25, 0.3) is 10.8 Å². The van der Waals surface area contributed by atoms with Crippen LogP contribution in [-0.4, -0.2) is 17.7 Å². The second-order valence-corrected chi connectivity index (χ2v) is 6.60. The molecule has 152 valence electrons. The third-order valence-corrected chi connectivity index (χ3v) is 4.41. The molecule has 4 nitrogen and oxygen atoms in total. The van der Waals surface area contributed by atoms with Crippen molar-refractivity contribution in [2.45, 2.75) is 6.18 Å². The van der Waals surface area contributed by atoms with Crippen LogP contribution in [0.1, 0.15) is 5.56 Å². The molecule has 0 bridgehead atoms. The number of alkyl halides is 3. The van der Waals surface area contributed by atoms with Crippen molar-refractivity contribution in [2.75, 3.05) is 6.61 Å². The average Bonchev–Trinajstić information content (AvgIpc) is 2.65. The summed E-state index contributed by atoms with van der Waals surface area (Å²) in [5.41, 5.74) is -1.59. The van der Waals surface area contributed by atoms with E-state index in [0.717, 1.165) is 0 Å². The highest BCUT2D eigenvalue weighted by molar-refractivity contribution is 6.37. The predicted molar refractivity (Wildman–Crippen MR) is 98.6 cm³/mol. The number of carbonyl (C=O) groups is 1. The van der Waals surface area contributed by atoms with Crippen LogP contribution in [-0.2, 0) is 11.0 Å². The highest BCUT2D eigenvalue weighted by atomic mass is 35.5. The number of fused-ring (bicyclic) bond motifs is 1. The van der Waals surface area contributed by atoms with Crippen molar-refractivity contribution < 1.29 is 36.9 Å². The summed E-state index contributed by atoms with van der Waals surface area (Å²) in [7, 11) is 0. The van der Waals surface area contributed by atoms with Gasteiger partial charge in [0.1, 0.15) is 16.5 Å². The van der Waals surface area contributed by atoms with E-state index in [-0.39, 0.29) is 5.75 Å². The molecule has 0 aliphatic heterocycles. The Bertz CT molecular complexity index is 1100. The first-order chi connectivity index (χ1) is 13.6. The summed E-state index contributed by atoms with van der Waals surface area (Å²) in [4.78, 5) is 10.6. The standard InChI is InChI=1S/C19H10Cl2F4O4/c20-14-7-13(19(23,24)25)17(22)16(21)18(14)29-12-4-2-9-5-11(28-8-15(26)27)3-1-10(9)6-12/h1-7H,8H2,(H,26,27). The summed E-state index contributed by atoms with van der Waals surface area (Å²) >= 11 is 11.5. The number of benzene rings is 3. The molecule has 0 unspecified atom stereocenters. The molecule has 0 saturated heterocycles. The van der Waals surface area contributed by atoms with E-state index in [4.69, 9.17) is 37.8 Å². The SMILES string of the molecule is O=C(O)COc1ccc2cc(Oc3c(Cl)cc(C(F)(F)F)c(F)c3Cl)ccc2c1. The van der Waals surface area contributed by atoms with Crippen LogP contribution in [0.4, 0.5) is 17.6 Å². The van der Waals surface area contributed by atoms with Crippen LogP contribution < -0.4 is 9.47 Å². The summed E-state index contributed by atoms with van der Waals surface area (Å²) in [6.45, 7) is -0.497. The lowest BCUT2D eigenvalue weighted by atomic mass is 10.1. The van der Waals surface area contributed by atoms with Crippen LogP contribution in [0.15, 0.2) is 42.5 Å². The highest BCUT2D eigenvalue weighted by Crippen LogP contribution is 2.44. The van der Waals surface area contributed by atoms with E-state index in [0.29, 0.717) is 22.6 Å². The molecule has 3 aromatic carbocycles. The van der Waals surface area contributed by atoms with Crippen molar-refractivity contribution in [1.82, 2.24) is 0 Å². The third-order valence-electron chi connectivity index (χ3n) is 3.79. The molecule has 0 amide bonds. The molecule has 29 heavy (non-hydrogen) atoms. The number of hydrogen-bond donors (Lipinski definition) is 1. The van der Waals surface area contributed by atoms with Gasteiger partial charge in [0.05, 0.1) is 10.6 Å². The maximum Gasteiger partial charge on any atom is 0.419 e. The van der Waals surface area contributed by atoms with Gasteiger partial charge < -0.3 is 14.6 Å². The minimum atomic E-state index is -4.96. The van der Waals surface area contributed by atoms with E-state index in [1.165, 1.54) is 18.2 Å². The zero-order valence-electron chi connectivity index (χ0n) is 14.2. The number of hydrogen-bond acceptors (Lipinski definition) is 3. The Morgan fingerprint density at radius 3 is 2.17 bits per heavy atom. The Morgan fingerprint density at radius 1 is 1.00 bits per heavy atom. The maximum atomic E-state index is 14.0. The topological polar surface area (TPSA) is 55.8 Å². The fourth-order valence-corrected chi connectivity index (χ4v) is 3.03. The van der Waals surface area contributed by atoms with Gasteiger partial charge in [-0.15, -0.1) is 0 Å².